The molecule has 4 rings (SSSR count). The second-order valence-corrected chi connectivity index (χ2v) is 8.70. The van der Waals surface area contributed by atoms with Gasteiger partial charge in [-0.05, 0) is 31.9 Å². The lowest BCUT2D eigenvalue weighted by molar-refractivity contribution is -0.144. The first kappa shape index (κ1) is 22.7. The fourth-order valence-corrected chi connectivity index (χ4v) is 4.54. The summed E-state index contributed by atoms with van der Waals surface area (Å²) < 4.78 is 5.73. The zero-order chi connectivity index (χ0) is 23.4. The Morgan fingerprint density at radius 2 is 1.76 bits per heavy atom. The van der Waals surface area contributed by atoms with Crippen LogP contribution in [0.1, 0.15) is 45.9 Å². The largest absolute Gasteiger partial charge is 0.448 e. The second kappa shape index (κ2) is 10.0. The number of nitrogens with zero attached hydrogens (tertiary/aromatic N) is 2. The number of hydrogen-bond acceptors (Lipinski definition) is 6. The number of para-hydroxylation sites is 1. The maximum Gasteiger partial charge on any atom is 0.317 e. The van der Waals surface area contributed by atoms with Crippen molar-refractivity contribution in [3.63, 3.8) is 0 Å². The van der Waals surface area contributed by atoms with Crippen molar-refractivity contribution >= 4 is 34.4 Å². The first-order valence-corrected chi connectivity index (χ1v) is 11.8. The number of rotatable bonds is 8. The van der Waals surface area contributed by atoms with Crippen LogP contribution in [0.2, 0.25) is 0 Å². The highest BCUT2D eigenvalue weighted by atomic mass is 32.2. The quantitative estimate of drug-likeness (QED) is 0.164. The smallest absolute Gasteiger partial charge is 0.317 e. The van der Waals surface area contributed by atoms with E-state index in [0.29, 0.717) is 16.3 Å². The van der Waals surface area contributed by atoms with Crippen molar-refractivity contribution in [3.8, 4) is 0 Å². The Morgan fingerprint density at radius 1 is 1.03 bits per heavy atom. The summed E-state index contributed by atoms with van der Waals surface area (Å²) in [6, 6.07) is 16.9. The van der Waals surface area contributed by atoms with Gasteiger partial charge in [-0.15, -0.1) is 0 Å². The number of carbonyl (C=O) groups excluding carboxylic acids is 2. The molecule has 2 heterocycles. The SMILES string of the molecule is CCc1cccc2c(C(=O)C(OC(=O)CSc3nc(C)cc(C)n3)c3ccccc3)c[nH]c12. The van der Waals surface area contributed by atoms with E-state index in [1.54, 1.807) is 18.3 Å². The van der Waals surface area contributed by atoms with Crippen LogP contribution in [0.4, 0.5) is 0 Å². The number of ketones is 1. The lowest BCUT2D eigenvalue weighted by Crippen LogP contribution is -2.21. The van der Waals surface area contributed by atoms with Crippen LogP contribution in [0.25, 0.3) is 10.9 Å². The number of carbonyl (C=O) groups is 2. The first-order chi connectivity index (χ1) is 16.0. The first-order valence-electron chi connectivity index (χ1n) is 10.8. The minimum absolute atomic E-state index is 0.00732. The van der Waals surface area contributed by atoms with E-state index in [0.717, 1.165) is 34.3 Å². The number of nitrogens with one attached hydrogen (secondary N) is 1. The van der Waals surface area contributed by atoms with E-state index in [1.807, 2.05) is 56.3 Å². The number of thioether (sulfide) groups is 1. The molecule has 0 saturated heterocycles. The number of aromatic nitrogens is 3. The lowest BCUT2D eigenvalue weighted by atomic mass is 9.98. The molecule has 0 bridgehead atoms. The Labute approximate surface area is 196 Å². The van der Waals surface area contributed by atoms with E-state index in [4.69, 9.17) is 4.74 Å². The Balaban J connectivity index is 1.58. The Hall–Kier alpha value is -3.45. The van der Waals surface area contributed by atoms with Crippen molar-refractivity contribution < 1.29 is 14.3 Å². The average molecular weight is 460 g/mol. The second-order valence-electron chi connectivity index (χ2n) is 7.76. The summed E-state index contributed by atoms with van der Waals surface area (Å²) in [5.41, 5.74) is 4.87. The summed E-state index contributed by atoms with van der Waals surface area (Å²) in [4.78, 5) is 38.2. The molecule has 0 radical (unpaired) electrons. The van der Waals surface area contributed by atoms with E-state index >= 15 is 0 Å². The van der Waals surface area contributed by atoms with Crippen molar-refractivity contribution in [3.05, 3.63) is 88.9 Å². The molecule has 168 valence electrons. The molecule has 7 heteroatoms. The van der Waals surface area contributed by atoms with Gasteiger partial charge in [-0.25, -0.2) is 9.97 Å². The van der Waals surface area contributed by atoms with Crippen molar-refractivity contribution in [1.82, 2.24) is 15.0 Å². The number of benzene rings is 2. The molecule has 0 fully saturated rings. The summed E-state index contributed by atoms with van der Waals surface area (Å²) in [5.74, 6) is -0.756. The van der Waals surface area contributed by atoms with Gasteiger partial charge in [-0.2, -0.15) is 0 Å². The molecule has 0 aliphatic rings. The molecule has 1 unspecified atom stereocenters. The zero-order valence-corrected chi connectivity index (χ0v) is 19.6. The van der Waals surface area contributed by atoms with Gasteiger partial charge in [0.1, 0.15) is 0 Å². The minimum atomic E-state index is -1.04. The number of aromatic amines is 1. The molecule has 0 aliphatic heterocycles. The van der Waals surface area contributed by atoms with Crippen LogP contribution in [-0.4, -0.2) is 32.5 Å². The Morgan fingerprint density at radius 3 is 2.45 bits per heavy atom. The van der Waals surface area contributed by atoms with Crippen LogP contribution in [0.15, 0.2) is 66.0 Å². The van der Waals surface area contributed by atoms with Crippen molar-refractivity contribution in [2.24, 2.45) is 0 Å². The molecular weight excluding hydrogens is 434 g/mol. The van der Waals surface area contributed by atoms with E-state index in [-0.39, 0.29) is 11.5 Å². The highest BCUT2D eigenvalue weighted by Gasteiger charge is 2.28. The summed E-state index contributed by atoms with van der Waals surface area (Å²) in [6.07, 6.45) is 1.51. The van der Waals surface area contributed by atoms with E-state index < -0.39 is 12.1 Å². The van der Waals surface area contributed by atoms with Gasteiger partial charge in [0.25, 0.3) is 0 Å². The van der Waals surface area contributed by atoms with Gasteiger partial charge in [-0.3, -0.25) is 9.59 Å². The molecule has 33 heavy (non-hydrogen) atoms. The van der Waals surface area contributed by atoms with Crippen LogP contribution in [0.5, 0.6) is 0 Å². The molecular formula is C26H25N3O3S. The van der Waals surface area contributed by atoms with Gasteiger partial charge in [0.15, 0.2) is 11.3 Å². The average Bonchev–Trinajstić information content (AvgIpc) is 3.25. The highest BCUT2D eigenvalue weighted by Crippen LogP contribution is 2.29. The zero-order valence-electron chi connectivity index (χ0n) is 18.8. The number of fused-ring (bicyclic) bond motifs is 1. The number of ether oxygens (including phenoxy) is 1. The third-order valence-corrected chi connectivity index (χ3v) is 6.14. The van der Waals surface area contributed by atoms with Crippen LogP contribution >= 0.6 is 11.8 Å². The van der Waals surface area contributed by atoms with Crippen LogP contribution in [0, 0.1) is 13.8 Å². The van der Waals surface area contributed by atoms with Crippen molar-refractivity contribution in [2.45, 2.75) is 38.5 Å². The topological polar surface area (TPSA) is 84.9 Å². The molecule has 0 aliphatic carbocycles. The van der Waals surface area contributed by atoms with Crippen molar-refractivity contribution in [2.75, 3.05) is 5.75 Å². The summed E-state index contributed by atoms with van der Waals surface area (Å²) in [6.45, 7) is 5.83. The monoisotopic (exact) mass is 459 g/mol. The van der Waals surface area contributed by atoms with Gasteiger partial charge >= 0.3 is 5.97 Å². The van der Waals surface area contributed by atoms with E-state index in [2.05, 4.69) is 21.9 Å². The third kappa shape index (κ3) is 5.14. The van der Waals surface area contributed by atoms with Crippen LogP contribution < -0.4 is 0 Å². The standard InChI is InChI=1S/C26H25N3O3S/c1-4-18-11-8-12-20-21(14-27-23(18)20)24(31)25(19-9-6-5-7-10-19)32-22(30)15-33-26-28-16(2)13-17(3)29-26/h5-14,25,27H,4,15H2,1-3H3. The molecule has 4 aromatic rings. The Bertz CT molecular complexity index is 1280. The number of hydrogen-bond donors (Lipinski definition) is 1. The number of H-pyrrole nitrogens is 1. The number of aryl methyl sites for hydroxylation is 3. The van der Waals surface area contributed by atoms with Crippen LogP contribution in [0.3, 0.4) is 0 Å². The van der Waals surface area contributed by atoms with E-state index in [1.165, 1.54) is 11.8 Å². The highest BCUT2D eigenvalue weighted by molar-refractivity contribution is 7.99. The van der Waals surface area contributed by atoms with E-state index in [9.17, 15) is 9.59 Å². The summed E-state index contributed by atoms with van der Waals surface area (Å²) in [5, 5.41) is 1.34. The van der Waals surface area contributed by atoms with Crippen molar-refractivity contribution in [1.29, 1.82) is 0 Å². The van der Waals surface area contributed by atoms with Gasteiger partial charge in [0.2, 0.25) is 5.78 Å². The summed E-state index contributed by atoms with van der Waals surface area (Å²) >= 11 is 1.20. The van der Waals surface area contributed by atoms with Gasteiger partial charge in [-0.1, -0.05) is 67.2 Å². The minimum Gasteiger partial charge on any atom is -0.448 e. The molecule has 2 aromatic carbocycles. The molecule has 0 amide bonds. The molecule has 6 nitrogen and oxygen atoms in total. The predicted octanol–water partition coefficient (Wildman–Crippen LogP) is 5.40. The summed E-state index contributed by atoms with van der Waals surface area (Å²) in [7, 11) is 0. The fourth-order valence-electron chi connectivity index (χ4n) is 3.80. The normalized spacial score (nSPS) is 12.0. The fraction of sp³-hybridized carbons (Fsp3) is 0.231. The molecule has 2 aromatic heterocycles. The maximum atomic E-state index is 13.6. The van der Waals surface area contributed by atoms with Crippen LogP contribution in [-0.2, 0) is 16.0 Å². The molecule has 0 spiro atoms. The van der Waals surface area contributed by atoms with Gasteiger partial charge in [0, 0.05) is 39.6 Å². The van der Waals surface area contributed by atoms with Gasteiger partial charge < -0.3 is 9.72 Å². The Kier molecular flexibility index (Phi) is 6.89. The predicted molar refractivity (Wildman–Crippen MR) is 130 cm³/mol. The maximum absolute atomic E-state index is 13.6. The molecule has 1 atom stereocenters. The third-order valence-electron chi connectivity index (χ3n) is 5.32. The van der Waals surface area contributed by atoms with Gasteiger partial charge in [0.05, 0.1) is 5.75 Å². The number of esters is 1. The molecule has 0 saturated carbocycles. The lowest BCUT2D eigenvalue weighted by Gasteiger charge is -2.17. The number of Topliss-reactive ketones (excluding diaryl/α,β-unsaturated/α-hetero) is 1. The molecule has 1 N–H and O–H groups in total.